The highest BCUT2D eigenvalue weighted by Crippen LogP contribution is 2.30. The number of hydrogen-bond acceptors (Lipinski definition) is 4. The number of nitrogens with zero attached hydrogens (tertiary/aromatic N) is 3. The molecule has 0 spiro atoms. The first kappa shape index (κ1) is 21.0. The molecule has 0 saturated carbocycles. The van der Waals surface area contributed by atoms with E-state index in [-0.39, 0.29) is 11.9 Å². The number of benzene rings is 1. The molecule has 31 heavy (non-hydrogen) atoms. The lowest BCUT2D eigenvalue weighted by Gasteiger charge is -2.35. The van der Waals surface area contributed by atoms with Crippen molar-refractivity contribution < 1.29 is 9.53 Å². The van der Waals surface area contributed by atoms with E-state index >= 15 is 0 Å². The molecule has 1 aromatic carbocycles. The van der Waals surface area contributed by atoms with Crippen LogP contribution in [0, 0.1) is 13.8 Å². The van der Waals surface area contributed by atoms with Crippen LogP contribution >= 0.6 is 0 Å². The largest absolute Gasteiger partial charge is 0.495 e. The molecule has 0 radical (unpaired) electrons. The number of methoxy groups -OCH3 is 1. The topological polar surface area (TPSA) is 59.4 Å². The fourth-order valence-corrected chi connectivity index (χ4v) is 4.40. The Balaban J connectivity index is 1.46. The third kappa shape index (κ3) is 4.58. The molecule has 1 saturated heterocycles. The molecule has 3 heterocycles. The van der Waals surface area contributed by atoms with E-state index in [0.717, 1.165) is 60.0 Å². The van der Waals surface area contributed by atoms with Gasteiger partial charge in [0.1, 0.15) is 5.75 Å². The molecule has 0 aliphatic carbocycles. The van der Waals surface area contributed by atoms with Crippen molar-refractivity contribution in [2.45, 2.75) is 39.3 Å². The molecule has 162 valence electrons. The van der Waals surface area contributed by atoms with Crippen molar-refractivity contribution in [3.63, 3.8) is 0 Å². The molecule has 1 N–H and O–H groups in total. The third-order valence-electron chi connectivity index (χ3n) is 6.05. The van der Waals surface area contributed by atoms with E-state index in [1.165, 1.54) is 0 Å². The van der Waals surface area contributed by atoms with Gasteiger partial charge in [0.25, 0.3) is 5.91 Å². The molecular formula is C25H30N4O2. The second-order valence-corrected chi connectivity index (χ2v) is 8.12. The van der Waals surface area contributed by atoms with Gasteiger partial charge in [-0.3, -0.25) is 9.78 Å². The molecule has 1 atom stereocenters. The van der Waals surface area contributed by atoms with E-state index in [9.17, 15) is 4.79 Å². The average molecular weight is 419 g/mol. The standard InChI is InChI=1S/C25H30N4O2/c1-18-15-22(19(2)29(18)17-20-9-6-7-13-26-20)25(30)27-21-10-8-14-28(16-21)23-11-4-5-12-24(23)31-3/h4-7,9,11-13,15,21H,8,10,14,16-17H2,1-3H3,(H,27,30). The molecule has 6 heteroatoms. The third-order valence-corrected chi connectivity index (χ3v) is 6.05. The second kappa shape index (κ2) is 9.25. The van der Waals surface area contributed by atoms with Crippen molar-refractivity contribution in [2.24, 2.45) is 0 Å². The van der Waals surface area contributed by atoms with Gasteiger partial charge in [0.05, 0.1) is 30.6 Å². The van der Waals surface area contributed by atoms with Gasteiger partial charge in [-0.1, -0.05) is 18.2 Å². The van der Waals surface area contributed by atoms with Crippen LogP contribution < -0.4 is 15.0 Å². The van der Waals surface area contributed by atoms with Crippen LogP contribution in [0.3, 0.4) is 0 Å². The van der Waals surface area contributed by atoms with Gasteiger partial charge >= 0.3 is 0 Å². The number of anilines is 1. The molecule has 6 nitrogen and oxygen atoms in total. The zero-order valence-electron chi connectivity index (χ0n) is 18.5. The predicted molar refractivity (Wildman–Crippen MR) is 123 cm³/mol. The molecule has 1 fully saturated rings. The maximum Gasteiger partial charge on any atom is 0.253 e. The second-order valence-electron chi connectivity index (χ2n) is 8.12. The van der Waals surface area contributed by atoms with Crippen molar-refractivity contribution in [3.05, 3.63) is 77.4 Å². The molecule has 2 aromatic heterocycles. The number of rotatable bonds is 6. The van der Waals surface area contributed by atoms with Crippen molar-refractivity contribution in [1.29, 1.82) is 0 Å². The molecule has 1 aliphatic heterocycles. The van der Waals surface area contributed by atoms with E-state index in [4.69, 9.17) is 4.74 Å². The SMILES string of the molecule is COc1ccccc1N1CCCC(NC(=O)c2cc(C)n(Cc3ccccn3)c2C)C1. The van der Waals surface area contributed by atoms with Gasteiger partial charge in [-0.15, -0.1) is 0 Å². The number of aryl methyl sites for hydroxylation is 1. The Bertz CT molecular complexity index is 1040. The normalized spacial score (nSPS) is 16.2. The minimum absolute atomic E-state index is 0.00718. The van der Waals surface area contributed by atoms with Crippen LogP contribution in [0.2, 0.25) is 0 Å². The molecule has 1 amide bonds. The van der Waals surface area contributed by atoms with Gasteiger partial charge < -0.3 is 19.5 Å². The summed E-state index contributed by atoms with van der Waals surface area (Å²) in [7, 11) is 1.70. The molecular weight excluding hydrogens is 388 g/mol. The number of amides is 1. The first-order chi connectivity index (χ1) is 15.1. The first-order valence-electron chi connectivity index (χ1n) is 10.8. The average Bonchev–Trinajstić information content (AvgIpc) is 3.08. The number of carbonyl (C=O) groups is 1. The summed E-state index contributed by atoms with van der Waals surface area (Å²) in [5.41, 5.74) is 4.84. The number of hydrogen-bond donors (Lipinski definition) is 1. The highest BCUT2D eigenvalue weighted by atomic mass is 16.5. The van der Waals surface area contributed by atoms with Crippen LogP contribution in [0.1, 0.15) is 40.3 Å². The van der Waals surface area contributed by atoms with Crippen molar-refractivity contribution in [3.8, 4) is 5.75 Å². The fraction of sp³-hybridized carbons (Fsp3) is 0.360. The number of piperidine rings is 1. The lowest BCUT2D eigenvalue weighted by atomic mass is 10.0. The van der Waals surface area contributed by atoms with Crippen molar-refractivity contribution in [1.82, 2.24) is 14.9 Å². The summed E-state index contributed by atoms with van der Waals surface area (Å²) in [4.78, 5) is 19.9. The molecule has 3 aromatic rings. The Morgan fingerprint density at radius 2 is 2.00 bits per heavy atom. The smallest absolute Gasteiger partial charge is 0.253 e. The minimum atomic E-state index is -0.00718. The lowest BCUT2D eigenvalue weighted by molar-refractivity contribution is 0.0932. The fourth-order valence-electron chi connectivity index (χ4n) is 4.40. The highest BCUT2D eigenvalue weighted by Gasteiger charge is 2.25. The van der Waals surface area contributed by atoms with Crippen molar-refractivity contribution in [2.75, 3.05) is 25.1 Å². The maximum absolute atomic E-state index is 13.1. The summed E-state index contributed by atoms with van der Waals surface area (Å²) >= 11 is 0. The van der Waals surface area contributed by atoms with Crippen LogP contribution in [0.5, 0.6) is 5.75 Å². The van der Waals surface area contributed by atoms with Crippen LogP contribution in [0.15, 0.2) is 54.7 Å². The van der Waals surface area contributed by atoms with Crippen molar-refractivity contribution >= 4 is 11.6 Å². The van der Waals surface area contributed by atoms with E-state index in [1.807, 2.05) is 56.3 Å². The Morgan fingerprint density at radius 3 is 2.77 bits per heavy atom. The van der Waals surface area contributed by atoms with Crippen LogP contribution in [-0.4, -0.2) is 41.7 Å². The Hall–Kier alpha value is -3.28. The summed E-state index contributed by atoms with van der Waals surface area (Å²) in [5.74, 6) is 0.861. The number of nitrogens with one attached hydrogen (secondary N) is 1. The van der Waals surface area contributed by atoms with E-state index in [2.05, 4.69) is 25.8 Å². The van der Waals surface area contributed by atoms with Crippen LogP contribution in [-0.2, 0) is 6.54 Å². The minimum Gasteiger partial charge on any atom is -0.495 e. The quantitative estimate of drug-likeness (QED) is 0.658. The van der Waals surface area contributed by atoms with Gasteiger partial charge in [0.2, 0.25) is 0 Å². The van der Waals surface area contributed by atoms with Crippen LogP contribution in [0.25, 0.3) is 0 Å². The zero-order chi connectivity index (χ0) is 21.8. The van der Waals surface area contributed by atoms with E-state index in [1.54, 1.807) is 13.3 Å². The predicted octanol–water partition coefficient (Wildman–Crippen LogP) is 3.96. The summed E-state index contributed by atoms with van der Waals surface area (Å²) in [6.07, 6.45) is 3.80. The number of aromatic nitrogens is 2. The lowest BCUT2D eigenvalue weighted by Crippen LogP contribution is -2.48. The van der Waals surface area contributed by atoms with Gasteiger partial charge in [-0.25, -0.2) is 0 Å². The molecule has 0 bridgehead atoms. The monoisotopic (exact) mass is 418 g/mol. The number of carbonyl (C=O) groups excluding carboxylic acids is 1. The molecule has 4 rings (SSSR count). The summed E-state index contributed by atoms with van der Waals surface area (Å²) in [5, 5.41) is 3.27. The van der Waals surface area contributed by atoms with Gasteiger partial charge in [-0.2, -0.15) is 0 Å². The summed E-state index contributed by atoms with van der Waals surface area (Å²) in [6.45, 7) is 6.45. The first-order valence-corrected chi connectivity index (χ1v) is 10.8. The molecule has 1 unspecified atom stereocenters. The van der Waals surface area contributed by atoms with Gasteiger partial charge in [0, 0.05) is 36.7 Å². The summed E-state index contributed by atoms with van der Waals surface area (Å²) in [6, 6.07) is 16.0. The highest BCUT2D eigenvalue weighted by molar-refractivity contribution is 5.96. The Labute approximate surface area is 183 Å². The summed E-state index contributed by atoms with van der Waals surface area (Å²) < 4.78 is 7.68. The van der Waals surface area contributed by atoms with E-state index in [0.29, 0.717) is 6.54 Å². The van der Waals surface area contributed by atoms with Gasteiger partial charge in [-0.05, 0) is 57.0 Å². The Kier molecular flexibility index (Phi) is 6.26. The van der Waals surface area contributed by atoms with E-state index < -0.39 is 0 Å². The zero-order valence-corrected chi connectivity index (χ0v) is 18.5. The Morgan fingerprint density at radius 1 is 1.19 bits per heavy atom. The maximum atomic E-state index is 13.1. The number of ether oxygens (including phenoxy) is 1. The van der Waals surface area contributed by atoms with Crippen LogP contribution in [0.4, 0.5) is 5.69 Å². The molecule has 1 aliphatic rings. The van der Waals surface area contributed by atoms with Gasteiger partial charge in [0.15, 0.2) is 0 Å². The number of pyridine rings is 1. The number of para-hydroxylation sites is 2.